The molecule has 0 N–H and O–H groups in total. The van der Waals surface area contributed by atoms with Crippen molar-refractivity contribution in [3.63, 3.8) is 0 Å². The molecule has 0 aromatic heterocycles. The van der Waals surface area contributed by atoms with Crippen LogP contribution in [0, 0.1) is 35.0 Å². The number of ether oxygens (including phenoxy) is 4. The lowest BCUT2D eigenvalue weighted by Gasteiger charge is -2.64. The minimum atomic E-state index is -0.735. The topological polar surface area (TPSA) is 49.4 Å². The highest BCUT2D eigenvalue weighted by Crippen LogP contribution is 2.64. The van der Waals surface area contributed by atoms with E-state index in [0.717, 1.165) is 29.1 Å². The summed E-state index contributed by atoms with van der Waals surface area (Å²) in [5.41, 5.74) is 0.357. The number of nitrogens with zero attached hydrogens (tertiary/aromatic N) is 1. The molecule has 4 bridgehead atoms. The number of rotatable bonds is 10. The molecular formula is C34H43NO5. The predicted molar refractivity (Wildman–Crippen MR) is 153 cm³/mol. The zero-order valence-corrected chi connectivity index (χ0v) is 23.9. The maximum atomic E-state index is 6.87. The smallest absolute Gasteiger partial charge is 0.170 e. The Kier molecular flexibility index (Phi) is 8.48. The van der Waals surface area contributed by atoms with Gasteiger partial charge in [-0.15, -0.1) is 0 Å². The zero-order valence-electron chi connectivity index (χ0n) is 23.9. The molecule has 6 nitrogen and oxygen atoms in total. The van der Waals surface area contributed by atoms with Gasteiger partial charge in [0.2, 0.25) is 0 Å². The van der Waals surface area contributed by atoms with Gasteiger partial charge >= 0.3 is 0 Å². The molecule has 6 heteroatoms. The standard InChI is InChI=1S/C34H43NO5/c1-26(36-2)38-25-40-35-16-18-39-34(14-13-27-9-5-3-6-10-27,15-17-37-31-11-7-4-8-12-31)32(35)33-22-28-19-29(23-33)21-30(20-28)24-33/h3-12,26,28-30,32H,15-25H2,1-2H3. The summed E-state index contributed by atoms with van der Waals surface area (Å²) in [7, 11) is 1.65. The summed E-state index contributed by atoms with van der Waals surface area (Å²) in [6, 6.07) is 20.3. The second-order valence-electron chi connectivity index (χ2n) is 12.3. The Bertz CT molecular complexity index is 1130. The van der Waals surface area contributed by atoms with Crippen molar-refractivity contribution in [2.75, 3.05) is 33.7 Å². The minimum Gasteiger partial charge on any atom is -0.493 e. The van der Waals surface area contributed by atoms with E-state index in [2.05, 4.69) is 29.0 Å². The van der Waals surface area contributed by atoms with Crippen molar-refractivity contribution in [2.24, 2.45) is 23.2 Å². The Labute approximate surface area is 239 Å². The van der Waals surface area contributed by atoms with Crippen LogP contribution in [0.3, 0.4) is 0 Å². The van der Waals surface area contributed by atoms with E-state index >= 15 is 0 Å². The van der Waals surface area contributed by atoms with Crippen LogP contribution in [0.5, 0.6) is 5.75 Å². The second-order valence-corrected chi connectivity index (χ2v) is 12.3. The third-order valence-corrected chi connectivity index (χ3v) is 9.60. The summed E-state index contributed by atoms with van der Waals surface area (Å²) in [5.74, 6) is 10.5. The van der Waals surface area contributed by atoms with Crippen molar-refractivity contribution in [1.82, 2.24) is 5.06 Å². The molecule has 4 saturated carbocycles. The van der Waals surface area contributed by atoms with Gasteiger partial charge in [0.05, 0.1) is 19.3 Å². The van der Waals surface area contributed by atoms with Gasteiger partial charge in [-0.05, 0) is 92.9 Å². The number of para-hydroxylation sites is 1. The van der Waals surface area contributed by atoms with Crippen LogP contribution in [-0.4, -0.2) is 56.7 Å². The molecule has 4 aliphatic carbocycles. The first-order valence-corrected chi connectivity index (χ1v) is 15.0. The minimum absolute atomic E-state index is 0.0146. The van der Waals surface area contributed by atoms with Gasteiger partial charge in [-0.3, -0.25) is 4.84 Å². The lowest BCUT2D eigenvalue weighted by atomic mass is 9.46. The van der Waals surface area contributed by atoms with Gasteiger partial charge < -0.3 is 18.9 Å². The molecule has 214 valence electrons. The van der Waals surface area contributed by atoms with E-state index < -0.39 is 5.60 Å². The van der Waals surface area contributed by atoms with Gasteiger partial charge in [-0.25, -0.2) is 0 Å². The molecule has 0 amide bonds. The van der Waals surface area contributed by atoms with Crippen molar-refractivity contribution in [3.8, 4) is 17.6 Å². The summed E-state index contributed by atoms with van der Waals surface area (Å²) < 4.78 is 24.2. The fourth-order valence-corrected chi connectivity index (χ4v) is 8.38. The second kappa shape index (κ2) is 12.2. The molecular weight excluding hydrogens is 502 g/mol. The fraction of sp³-hybridized carbons (Fsp3) is 0.588. The molecule has 0 spiro atoms. The average Bonchev–Trinajstić information content (AvgIpc) is 2.96. The van der Waals surface area contributed by atoms with Gasteiger partial charge in [-0.1, -0.05) is 48.2 Å². The highest BCUT2D eigenvalue weighted by Gasteiger charge is 2.62. The molecule has 3 unspecified atom stereocenters. The lowest BCUT2D eigenvalue weighted by molar-refractivity contribution is -0.338. The molecule has 1 saturated heterocycles. The van der Waals surface area contributed by atoms with Gasteiger partial charge in [-0.2, -0.15) is 5.06 Å². The summed E-state index contributed by atoms with van der Waals surface area (Å²) >= 11 is 0. The number of benzene rings is 2. The third-order valence-electron chi connectivity index (χ3n) is 9.60. The van der Waals surface area contributed by atoms with E-state index in [-0.39, 0.29) is 24.5 Å². The Morgan fingerprint density at radius 2 is 1.60 bits per heavy atom. The molecule has 5 aliphatic rings. The van der Waals surface area contributed by atoms with Crippen LogP contribution in [0.1, 0.15) is 57.4 Å². The van der Waals surface area contributed by atoms with Gasteiger partial charge in [0.15, 0.2) is 18.7 Å². The number of morpholine rings is 1. The van der Waals surface area contributed by atoms with E-state index in [0.29, 0.717) is 26.2 Å². The van der Waals surface area contributed by atoms with Gasteiger partial charge in [0.1, 0.15) is 5.75 Å². The Hall–Kier alpha value is -2.40. The maximum Gasteiger partial charge on any atom is 0.170 e. The first kappa shape index (κ1) is 27.8. The molecule has 40 heavy (non-hydrogen) atoms. The van der Waals surface area contributed by atoms with Crippen molar-refractivity contribution in [1.29, 1.82) is 0 Å². The van der Waals surface area contributed by atoms with Crippen molar-refractivity contribution >= 4 is 0 Å². The van der Waals surface area contributed by atoms with E-state index in [1.165, 1.54) is 38.5 Å². The number of hydrogen-bond acceptors (Lipinski definition) is 6. The average molecular weight is 546 g/mol. The van der Waals surface area contributed by atoms with Gasteiger partial charge in [0.25, 0.3) is 0 Å². The predicted octanol–water partition coefficient (Wildman–Crippen LogP) is 6.06. The lowest BCUT2D eigenvalue weighted by Crippen LogP contribution is -2.69. The van der Waals surface area contributed by atoms with E-state index in [1.54, 1.807) is 7.11 Å². The Morgan fingerprint density at radius 3 is 2.25 bits per heavy atom. The highest BCUT2D eigenvalue weighted by molar-refractivity contribution is 5.38. The molecule has 5 fully saturated rings. The van der Waals surface area contributed by atoms with Crippen molar-refractivity contribution < 1.29 is 23.8 Å². The SMILES string of the molecule is COC(C)OCON1CCOC(C#Cc2ccccc2)(CCOc2ccccc2)C1C12CC3CC(CC(C3)C1)C2. The number of methoxy groups -OCH3 is 1. The van der Waals surface area contributed by atoms with E-state index in [1.807, 2.05) is 55.5 Å². The molecule has 1 heterocycles. The highest BCUT2D eigenvalue weighted by atomic mass is 16.8. The maximum absolute atomic E-state index is 6.87. The quantitative estimate of drug-likeness (QED) is 0.267. The van der Waals surface area contributed by atoms with Gasteiger partial charge in [0, 0.05) is 25.6 Å². The summed E-state index contributed by atoms with van der Waals surface area (Å²) in [6.45, 7) is 3.76. The molecule has 1 aliphatic heterocycles. The van der Waals surface area contributed by atoms with Crippen LogP contribution in [0.4, 0.5) is 0 Å². The van der Waals surface area contributed by atoms with Crippen LogP contribution in [0.15, 0.2) is 60.7 Å². The molecule has 7 rings (SSSR count). The first-order valence-electron chi connectivity index (χ1n) is 15.0. The Balaban J connectivity index is 1.36. The summed E-state index contributed by atoms with van der Waals surface area (Å²) in [6.07, 6.45) is 8.11. The fourth-order valence-electron chi connectivity index (χ4n) is 8.38. The van der Waals surface area contributed by atoms with Crippen LogP contribution in [0.2, 0.25) is 0 Å². The molecule has 2 aromatic rings. The summed E-state index contributed by atoms with van der Waals surface area (Å²) in [4.78, 5) is 6.47. The van der Waals surface area contributed by atoms with Crippen LogP contribution >= 0.6 is 0 Å². The normalized spacial score (nSPS) is 33.8. The van der Waals surface area contributed by atoms with Crippen molar-refractivity contribution in [2.45, 2.75) is 69.8 Å². The molecule has 3 atom stereocenters. The number of hydrogen-bond donors (Lipinski definition) is 0. The van der Waals surface area contributed by atoms with E-state index in [9.17, 15) is 0 Å². The molecule has 2 aromatic carbocycles. The van der Waals surface area contributed by atoms with Crippen LogP contribution in [-0.2, 0) is 19.0 Å². The Morgan fingerprint density at radius 1 is 0.950 bits per heavy atom. The monoisotopic (exact) mass is 545 g/mol. The first-order chi connectivity index (χ1) is 19.6. The van der Waals surface area contributed by atoms with Crippen molar-refractivity contribution in [3.05, 3.63) is 66.2 Å². The van der Waals surface area contributed by atoms with E-state index in [4.69, 9.17) is 23.8 Å². The third kappa shape index (κ3) is 5.95. The van der Waals surface area contributed by atoms with Crippen LogP contribution in [0.25, 0.3) is 0 Å². The summed E-state index contributed by atoms with van der Waals surface area (Å²) in [5, 5.41) is 2.18. The molecule has 0 radical (unpaired) electrons. The largest absolute Gasteiger partial charge is 0.493 e. The van der Waals surface area contributed by atoms with Crippen LogP contribution < -0.4 is 4.74 Å². The zero-order chi connectivity index (χ0) is 27.4. The number of hydroxylamine groups is 2.